The molecule has 1 aromatic heterocycles. The van der Waals surface area contributed by atoms with E-state index in [4.69, 9.17) is 21.0 Å². The Balaban J connectivity index is 2.43. The third-order valence-corrected chi connectivity index (χ3v) is 3.27. The Morgan fingerprint density at radius 3 is 2.87 bits per heavy atom. The van der Waals surface area contributed by atoms with Crippen molar-refractivity contribution in [3.8, 4) is 18.2 Å². The van der Waals surface area contributed by atoms with E-state index in [0.717, 1.165) is 10.8 Å². The van der Waals surface area contributed by atoms with Crippen molar-refractivity contribution < 1.29 is 29.2 Å². The molecule has 1 aliphatic heterocycles. The van der Waals surface area contributed by atoms with Gasteiger partial charge in [-0.15, -0.1) is 6.42 Å². The van der Waals surface area contributed by atoms with Crippen molar-refractivity contribution in [3.63, 3.8) is 0 Å². The minimum absolute atomic E-state index is 0.0529. The Hall–Kier alpha value is -2.25. The van der Waals surface area contributed by atoms with Crippen LogP contribution in [0.25, 0.3) is 0 Å². The lowest BCUT2D eigenvalue weighted by Gasteiger charge is -2.20. The van der Waals surface area contributed by atoms with Gasteiger partial charge in [0, 0.05) is 6.20 Å². The molecule has 2 heterocycles. The van der Waals surface area contributed by atoms with Gasteiger partial charge in [-0.3, -0.25) is 4.57 Å². The molecule has 0 aromatic carbocycles. The highest BCUT2D eigenvalue weighted by Crippen LogP contribution is 2.37. The van der Waals surface area contributed by atoms with Gasteiger partial charge in [0.25, 0.3) is 5.85 Å². The zero-order valence-electron chi connectivity index (χ0n) is 11.9. The number of terminal acetylenes is 1. The molecule has 9 heteroatoms. The van der Waals surface area contributed by atoms with E-state index >= 15 is 0 Å². The molecule has 2 rings (SSSR count). The van der Waals surface area contributed by atoms with E-state index in [-0.39, 0.29) is 18.1 Å². The number of aliphatic hydroxyl groups excluding tert-OH is 3. The lowest BCUT2D eigenvalue weighted by molar-refractivity contribution is -0.207. The summed E-state index contributed by atoms with van der Waals surface area (Å²) in [7, 11) is 0. The number of aromatic nitrogens is 2. The van der Waals surface area contributed by atoms with E-state index in [1.54, 1.807) is 0 Å². The van der Waals surface area contributed by atoms with Crippen molar-refractivity contribution in [1.29, 1.82) is 0 Å². The summed E-state index contributed by atoms with van der Waals surface area (Å²) in [5.74, 6) is -0.802. The molecule has 0 bridgehead atoms. The highest BCUT2D eigenvalue weighted by atomic mass is 19.2. The summed E-state index contributed by atoms with van der Waals surface area (Å²) in [5, 5.41) is 28.4. The number of ether oxygens (including phenoxy) is 2. The quantitative estimate of drug-likeness (QED) is 0.455. The molecule has 0 amide bonds. The van der Waals surface area contributed by atoms with Crippen LogP contribution in [0, 0.1) is 12.3 Å². The second-order valence-corrected chi connectivity index (χ2v) is 4.78. The van der Waals surface area contributed by atoms with Gasteiger partial charge >= 0.3 is 5.69 Å². The van der Waals surface area contributed by atoms with Gasteiger partial charge in [0.15, 0.2) is 6.23 Å². The molecule has 8 nitrogen and oxygen atoms in total. The number of hydrogen-bond donors (Lipinski definition) is 3. The van der Waals surface area contributed by atoms with Crippen molar-refractivity contribution in [2.75, 3.05) is 13.2 Å². The van der Waals surface area contributed by atoms with E-state index in [9.17, 15) is 19.4 Å². The summed E-state index contributed by atoms with van der Waals surface area (Å²) in [5.41, 5.74) is -0.890. The van der Waals surface area contributed by atoms with Crippen molar-refractivity contribution >= 4 is 0 Å². The van der Waals surface area contributed by atoms with Gasteiger partial charge in [-0.05, 0) is 0 Å². The van der Waals surface area contributed by atoms with Gasteiger partial charge in [-0.2, -0.15) is 4.98 Å². The molecule has 124 valence electrons. The van der Waals surface area contributed by atoms with Crippen LogP contribution < -0.4 is 10.4 Å². The smallest absolute Gasteiger partial charge is 0.353 e. The maximum Gasteiger partial charge on any atom is 0.353 e. The molecule has 1 fully saturated rings. The summed E-state index contributed by atoms with van der Waals surface area (Å²) < 4.78 is 24.7. The van der Waals surface area contributed by atoms with E-state index in [1.807, 2.05) is 0 Å². The number of aliphatic hydroxyl groups is 3. The zero-order chi connectivity index (χ0) is 17.2. The Kier molecular flexibility index (Phi) is 4.82. The van der Waals surface area contributed by atoms with E-state index < -0.39 is 36.6 Å². The highest BCUT2D eigenvalue weighted by molar-refractivity contribution is 5.38. The Labute approximate surface area is 130 Å². The van der Waals surface area contributed by atoms with Crippen LogP contribution in [-0.4, -0.2) is 56.1 Å². The first-order valence-corrected chi connectivity index (χ1v) is 6.55. The second kappa shape index (κ2) is 6.47. The molecule has 1 aromatic rings. The van der Waals surface area contributed by atoms with Gasteiger partial charge in [0.2, 0.25) is 5.88 Å². The molecule has 0 radical (unpaired) electrons. The van der Waals surface area contributed by atoms with Gasteiger partial charge in [0.05, 0.1) is 0 Å². The molecule has 0 unspecified atom stereocenters. The average molecular weight is 326 g/mol. The summed E-state index contributed by atoms with van der Waals surface area (Å²) >= 11 is 0. The molecular weight excluding hydrogens is 311 g/mol. The first kappa shape index (κ1) is 17.1. The largest absolute Gasteiger partial charge is 0.472 e. The molecule has 0 saturated carbocycles. The van der Waals surface area contributed by atoms with Gasteiger partial charge in [-0.1, -0.05) is 18.6 Å². The molecule has 3 N–H and O–H groups in total. The fraction of sp³-hybridized carbons (Fsp3) is 0.429. The summed E-state index contributed by atoms with van der Waals surface area (Å²) in [6, 6.07) is 0. The normalized spacial score (nSPS) is 30.0. The summed E-state index contributed by atoms with van der Waals surface area (Å²) in [6.45, 7) is 2.30. The summed E-state index contributed by atoms with van der Waals surface area (Å²) in [6.07, 6.45) is 2.34. The van der Waals surface area contributed by atoms with E-state index in [2.05, 4.69) is 17.5 Å². The molecule has 23 heavy (non-hydrogen) atoms. The molecule has 4 atom stereocenters. The maximum absolute atomic E-state index is 14.1. The maximum atomic E-state index is 14.1. The van der Waals surface area contributed by atoms with Crippen LogP contribution in [0.4, 0.5) is 4.39 Å². The fourth-order valence-corrected chi connectivity index (χ4v) is 2.09. The number of alkyl halides is 1. The van der Waals surface area contributed by atoms with Crippen LogP contribution in [-0.2, 0) is 4.74 Å². The van der Waals surface area contributed by atoms with Gasteiger partial charge < -0.3 is 24.8 Å². The number of nitrogens with zero attached hydrogens (tertiary/aromatic N) is 2. The third kappa shape index (κ3) is 2.97. The van der Waals surface area contributed by atoms with Crippen molar-refractivity contribution in [2.24, 2.45) is 0 Å². The van der Waals surface area contributed by atoms with Crippen LogP contribution in [0.15, 0.2) is 23.6 Å². The van der Waals surface area contributed by atoms with E-state index in [0.29, 0.717) is 0 Å². The molecule has 1 aliphatic rings. The van der Waals surface area contributed by atoms with Crippen molar-refractivity contribution in [2.45, 2.75) is 24.3 Å². The minimum atomic E-state index is -2.90. The molecule has 0 spiro atoms. The Morgan fingerprint density at radius 2 is 2.35 bits per heavy atom. The Bertz CT molecular complexity index is 699. The summed E-state index contributed by atoms with van der Waals surface area (Å²) in [4.78, 5) is 15.6. The SMILES string of the molecule is C#Cc1cn([C@@H]2O[C@](F)(CO)[C@@H](O)[C@H]2O)c(=O)nc1OCC=C. The second-order valence-electron chi connectivity index (χ2n) is 4.78. The molecule has 0 aliphatic carbocycles. The van der Waals surface area contributed by atoms with Crippen molar-refractivity contribution in [1.82, 2.24) is 9.55 Å². The zero-order valence-corrected chi connectivity index (χ0v) is 11.9. The predicted molar refractivity (Wildman–Crippen MR) is 75.2 cm³/mol. The minimum Gasteiger partial charge on any atom is -0.472 e. The van der Waals surface area contributed by atoms with Gasteiger partial charge in [-0.25, -0.2) is 9.18 Å². The topological polar surface area (TPSA) is 114 Å². The van der Waals surface area contributed by atoms with Crippen molar-refractivity contribution in [3.05, 3.63) is 34.9 Å². The van der Waals surface area contributed by atoms with Gasteiger partial charge in [0.1, 0.15) is 31.0 Å². The highest BCUT2D eigenvalue weighted by Gasteiger charge is 2.56. The van der Waals surface area contributed by atoms with Crippen LogP contribution in [0.1, 0.15) is 11.8 Å². The van der Waals surface area contributed by atoms with Crippen LogP contribution in [0.5, 0.6) is 5.88 Å². The lowest BCUT2D eigenvalue weighted by atomic mass is 10.1. The van der Waals surface area contributed by atoms with Crippen LogP contribution in [0.3, 0.4) is 0 Å². The predicted octanol–water partition coefficient (Wildman–Crippen LogP) is -1.30. The standard InChI is InChI=1S/C14H15FN2O6/c1-3-5-22-11-8(4-2)6-17(13(21)16-11)12-9(19)10(20)14(15,7-18)23-12/h2-3,6,9-10,12,18-20H,1,5,7H2/t9-,10+,12-,14-/m1/s1. The van der Waals surface area contributed by atoms with Crippen LogP contribution in [0.2, 0.25) is 0 Å². The number of halogens is 1. The number of hydrogen-bond acceptors (Lipinski definition) is 7. The first-order chi connectivity index (χ1) is 10.9. The van der Waals surface area contributed by atoms with E-state index in [1.165, 1.54) is 6.08 Å². The lowest BCUT2D eigenvalue weighted by Crippen LogP contribution is -2.42. The molecule has 1 saturated heterocycles. The number of rotatable bonds is 5. The Morgan fingerprint density at radius 1 is 1.65 bits per heavy atom. The van der Waals surface area contributed by atoms with Crippen LogP contribution >= 0.6 is 0 Å². The third-order valence-electron chi connectivity index (χ3n) is 3.27. The monoisotopic (exact) mass is 326 g/mol. The average Bonchev–Trinajstić information content (AvgIpc) is 2.78. The fourth-order valence-electron chi connectivity index (χ4n) is 2.09. The molecular formula is C14H15FN2O6. The first-order valence-electron chi connectivity index (χ1n) is 6.55.